The molecule has 0 aliphatic carbocycles. The molecule has 4 rings (SSSR count). The van der Waals surface area contributed by atoms with Gasteiger partial charge in [0.1, 0.15) is 5.00 Å². The minimum atomic E-state index is -0.758. The Morgan fingerprint density at radius 2 is 1.97 bits per heavy atom. The molecule has 0 saturated carbocycles. The van der Waals surface area contributed by atoms with Gasteiger partial charge < -0.3 is 10.1 Å². The van der Waals surface area contributed by atoms with E-state index < -0.39 is 22.4 Å². The molecule has 1 amide bonds. The minimum absolute atomic E-state index is 0.00452. The van der Waals surface area contributed by atoms with Gasteiger partial charge in [0.05, 0.1) is 33.2 Å². The number of fused-ring (bicyclic) bond motifs is 1. The van der Waals surface area contributed by atoms with Gasteiger partial charge in [-0.3, -0.25) is 19.7 Å². The van der Waals surface area contributed by atoms with Crippen LogP contribution in [0, 0.1) is 10.1 Å². The zero-order valence-electron chi connectivity index (χ0n) is 17.8. The largest absolute Gasteiger partial charge is 0.461 e. The van der Waals surface area contributed by atoms with E-state index in [2.05, 4.69) is 26.3 Å². The van der Waals surface area contributed by atoms with Gasteiger partial charge >= 0.3 is 5.97 Å². The van der Waals surface area contributed by atoms with Crippen molar-refractivity contribution in [1.29, 1.82) is 0 Å². The van der Waals surface area contributed by atoms with Crippen molar-refractivity contribution in [1.82, 2.24) is 9.78 Å². The van der Waals surface area contributed by atoms with Gasteiger partial charge in [0.25, 0.3) is 17.2 Å². The van der Waals surface area contributed by atoms with Crippen LogP contribution in [0.2, 0.25) is 5.02 Å². The van der Waals surface area contributed by atoms with E-state index in [9.17, 15) is 24.5 Å². The number of nitrogens with one attached hydrogen (secondary N) is 1. The molecule has 0 aliphatic heterocycles. The number of halogens is 2. The Hall–Kier alpha value is -3.61. The fourth-order valence-corrected chi connectivity index (χ4v) is 4.62. The molecule has 2 heterocycles. The molecule has 2 aromatic carbocycles. The van der Waals surface area contributed by atoms with E-state index in [1.807, 2.05) is 0 Å². The SMILES string of the molecule is CCOC(=O)c1nn(-c2ccc(Br)cc2)c(=O)c2c(NC(=O)c3cc([N+](=O)[O-])ccc3Cl)scc12. The summed E-state index contributed by atoms with van der Waals surface area (Å²) in [4.78, 5) is 49.5. The van der Waals surface area contributed by atoms with Crippen molar-refractivity contribution >= 4 is 72.2 Å². The Morgan fingerprint density at radius 3 is 2.63 bits per heavy atom. The lowest BCUT2D eigenvalue weighted by molar-refractivity contribution is -0.384. The zero-order valence-corrected chi connectivity index (χ0v) is 20.9. The quantitative estimate of drug-likeness (QED) is 0.189. The molecular weight excluding hydrogens is 564 g/mol. The number of non-ortho nitro benzene ring substituents is 1. The highest BCUT2D eigenvalue weighted by Gasteiger charge is 2.24. The molecule has 0 fully saturated rings. The lowest BCUT2D eigenvalue weighted by Gasteiger charge is -2.10. The van der Waals surface area contributed by atoms with E-state index in [0.29, 0.717) is 5.69 Å². The third kappa shape index (κ3) is 4.81. The first-order valence-electron chi connectivity index (χ1n) is 9.94. The van der Waals surface area contributed by atoms with Gasteiger partial charge in [0.2, 0.25) is 0 Å². The Bertz CT molecular complexity index is 1550. The van der Waals surface area contributed by atoms with Crippen LogP contribution >= 0.6 is 38.9 Å². The number of carbonyl (C=O) groups excluding carboxylic acids is 2. The fraction of sp³-hybridized carbons (Fsp3) is 0.0909. The predicted octanol–water partition coefficient (Wildman–Crippen LogP) is 5.20. The van der Waals surface area contributed by atoms with Gasteiger partial charge in [-0.2, -0.15) is 9.78 Å². The summed E-state index contributed by atoms with van der Waals surface area (Å²) in [7, 11) is 0. The number of hydrogen-bond acceptors (Lipinski definition) is 8. The molecule has 2 aromatic heterocycles. The highest BCUT2D eigenvalue weighted by atomic mass is 79.9. The van der Waals surface area contributed by atoms with Crippen molar-refractivity contribution in [2.75, 3.05) is 11.9 Å². The molecule has 0 aliphatic rings. The number of thiophene rings is 1. The van der Waals surface area contributed by atoms with Gasteiger partial charge in [-0.25, -0.2) is 4.79 Å². The van der Waals surface area contributed by atoms with Crippen LogP contribution in [-0.2, 0) is 4.74 Å². The first kappa shape index (κ1) is 24.5. The standard InChI is InChI=1S/C22H14BrClN4O6S/c1-2-34-22(31)18-15-10-35-20(25-19(29)14-9-13(28(32)33)7-8-16(14)24)17(15)21(30)27(26-18)12-5-3-11(23)4-6-12/h3-10H,2H2,1H3,(H,25,29). The first-order chi connectivity index (χ1) is 16.7. The number of rotatable bonds is 6. The number of nitrogens with zero attached hydrogens (tertiary/aromatic N) is 3. The Kier molecular flexibility index (Phi) is 6.96. The number of esters is 1. The first-order valence-corrected chi connectivity index (χ1v) is 12.0. The molecule has 0 atom stereocenters. The molecule has 0 saturated heterocycles. The minimum Gasteiger partial charge on any atom is -0.461 e. The predicted molar refractivity (Wildman–Crippen MR) is 135 cm³/mol. The highest BCUT2D eigenvalue weighted by Crippen LogP contribution is 2.32. The highest BCUT2D eigenvalue weighted by molar-refractivity contribution is 9.10. The monoisotopic (exact) mass is 576 g/mol. The molecule has 0 bridgehead atoms. The van der Waals surface area contributed by atoms with Crippen LogP contribution in [0.15, 0.2) is 57.1 Å². The molecule has 10 nitrogen and oxygen atoms in total. The maximum absolute atomic E-state index is 13.4. The summed E-state index contributed by atoms with van der Waals surface area (Å²) in [6.45, 7) is 1.74. The summed E-state index contributed by atoms with van der Waals surface area (Å²) >= 11 is 10.4. The average Bonchev–Trinajstić information content (AvgIpc) is 3.24. The van der Waals surface area contributed by atoms with Crippen molar-refractivity contribution in [3.05, 3.63) is 89.1 Å². The van der Waals surface area contributed by atoms with Gasteiger partial charge in [0.15, 0.2) is 5.69 Å². The van der Waals surface area contributed by atoms with Gasteiger partial charge in [-0.15, -0.1) is 11.3 Å². The average molecular weight is 578 g/mol. The second kappa shape index (κ2) is 9.94. The summed E-state index contributed by atoms with van der Waals surface area (Å²) < 4.78 is 6.93. The number of nitro groups is 1. The molecule has 13 heteroatoms. The number of aromatic nitrogens is 2. The molecule has 0 radical (unpaired) electrons. The van der Waals surface area contributed by atoms with Crippen LogP contribution in [-0.4, -0.2) is 33.2 Å². The van der Waals surface area contributed by atoms with E-state index in [-0.39, 0.29) is 44.3 Å². The maximum Gasteiger partial charge on any atom is 0.359 e. The number of benzene rings is 2. The molecule has 0 spiro atoms. The van der Waals surface area contributed by atoms with Crippen molar-refractivity contribution in [3.63, 3.8) is 0 Å². The summed E-state index contributed by atoms with van der Waals surface area (Å²) in [5, 5.41) is 19.8. The van der Waals surface area contributed by atoms with E-state index in [1.165, 1.54) is 17.5 Å². The van der Waals surface area contributed by atoms with E-state index in [4.69, 9.17) is 16.3 Å². The van der Waals surface area contributed by atoms with Crippen LogP contribution in [0.5, 0.6) is 0 Å². The van der Waals surface area contributed by atoms with Crippen molar-refractivity contribution in [2.24, 2.45) is 0 Å². The van der Waals surface area contributed by atoms with Crippen LogP contribution < -0.4 is 10.9 Å². The molecule has 1 N–H and O–H groups in total. The van der Waals surface area contributed by atoms with E-state index in [0.717, 1.165) is 26.6 Å². The maximum atomic E-state index is 13.4. The number of ether oxygens (including phenoxy) is 1. The Labute approximate surface area is 214 Å². The summed E-state index contributed by atoms with van der Waals surface area (Å²) in [6.07, 6.45) is 0. The van der Waals surface area contributed by atoms with Crippen molar-refractivity contribution < 1.29 is 19.2 Å². The van der Waals surface area contributed by atoms with Gasteiger partial charge in [-0.05, 0) is 37.3 Å². The van der Waals surface area contributed by atoms with Crippen LogP contribution in [0.4, 0.5) is 10.7 Å². The van der Waals surface area contributed by atoms with E-state index in [1.54, 1.807) is 31.2 Å². The van der Waals surface area contributed by atoms with Gasteiger partial charge in [-0.1, -0.05) is 27.5 Å². The van der Waals surface area contributed by atoms with Crippen LogP contribution in [0.3, 0.4) is 0 Å². The summed E-state index contributed by atoms with van der Waals surface area (Å²) in [5.41, 5.74) is -0.764. The third-order valence-electron chi connectivity index (χ3n) is 4.82. The zero-order chi connectivity index (χ0) is 25.3. The second-order valence-corrected chi connectivity index (χ2v) is 9.19. The number of hydrogen-bond donors (Lipinski definition) is 1. The van der Waals surface area contributed by atoms with E-state index >= 15 is 0 Å². The van der Waals surface area contributed by atoms with Crippen LogP contribution in [0.25, 0.3) is 16.5 Å². The molecule has 35 heavy (non-hydrogen) atoms. The Morgan fingerprint density at radius 1 is 1.26 bits per heavy atom. The molecule has 4 aromatic rings. The number of amides is 1. The topological polar surface area (TPSA) is 133 Å². The third-order valence-corrected chi connectivity index (χ3v) is 6.58. The molecular formula is C22H14BrClN4O6S. The second-order valence-electron chi connectivity index (χ2n) is 6.99. The molecule has 178 valence electrons. The smallest absolute Gasteiger partial charge is 0.359 e. The van der Waals surface area contributed by atoms with Gasteiger partial charge in [0, 0.05) is 27.4 Å². The fourth-order valence-electron chi connectivity index (χ4n) is 3.22. The summed E-state index contributed by atoms with van der Waals surface area (Å²) in [5.74, 6) is -1.49. The lowest BCUT2D eigenvalue weighted by Crippen LogP contribution is -2.25. The summed E-state index contributed by atoms with van der Waals surface area (Å²) in [6, 6.07) is 10.1. The van der Waals surface area contributed by atoms with Crippen LogP contribution in [0.1, 0.15) is 27.8 Å². The van der Waals surface area contributed by atoms with Crippen molar-refractivity contribution in [2.45, 2.75) is 6.92 Å². The molecule has 0 unspecified atom stereocenters. The number of nitro benzene ring substituents is 1. The Balaban J connectivity index is 1.87. The number of anilines is 1. The number of carbonyl (C=O) groups is 2. The van der Waals surface area contributed by atoms with Crippen molar-refractivity contribution in [3.8, 4) is 5.69 Å². The normalized spacial score (nSPS) is 10.8. The lowest BCUT2D eigenvalue weighted by atomic mass is 10.2.